The topological polar surface area (TPSA) is 66.5 Å². The second-order valence-corrected chi connectivity index (χ2v) is 8.46. The molecule has 0 saturated carbocycles. The number of nitrogens with one attached hydrogen (secondary N) is 1. The summed E-state index contributed by atoms with van der Waals surface area (Å²) in [4.78, 5) is 15.1. The number of carbonyl (C=O) groups excluding carboxylic acids is 1. The number of anilines is 1. The summed E-state index contributed by atoms with van der Waals surface area (Å²) in [7, 11) is -3.84. The molecule has 4 rings (SSSR count). The standard InChI is InChI=1S/C20H20N2O3S/c1-14(15-8-3-2-4-9-15)21-20(23)19-17-11-7-13-22(17)16-10-5-6-12-18(16)26(19,24)25/h2-6,8-10,12,14H,7,11,13H2,1H3,(H,21,23). The van der Waals surface area contributed by atoms with Crippen LogP contribution in [0.25, 0.3) is 0 Å². The Bertz CT molecular complexity index is 997. The van der Waals surface area contributed by atoms with Gasteiger partial charge in [0.15, 0.2) is 4.91 Å². The Morgan fingerprint density at radius 1 is 1.08 bits per heavy atom. The molecule has 1 N–H and O–H groups in total. The Morgan fingerprint density at radius 3 is 2.54 bits per heavy atom. The van der Waals surface area contributed by atoms with Crippen LogP contribution in [0.5, 0.6) is 0 Å². The third-order valence-corrected chi connectivity index (χ3v) is 6.83. The van der Waals surface area contributed by atoms with E-state index < -0.39 is 15.7 Å². The van der Waals surface area contributed by atoms with Gasteiger partial charge in [-0.15, -0.1) is 0 Å². The molecular weight excluding hydrogens is 348 g/mol. The van der Waals surface area contributed by atoms with Gasteiger partial charge in [0.2, 0.25) is 9.84 Å². The molecule has 1 unspecified atom stereocenters. The molecular formula is C20H20N2O3S. The molecule has 26 heavy (non-hydrogen) atoms. The molecule has 1 atom stereocenters. The molecule has 2 aliphatic heterocycles. The summed E-state index contributed by atoms with van der Waals surface area (Å²) >= 11 is 0. The van der Waals surface area contributed by atoms with Gasteiger partial charge < -0.3 is 10.2 Å². The van der Waals surface area contributed by atoms with Crippen LogP contribution in [-0.4, -0.2) is 20.9 Å². The summed E-state index contributed by atoms with van der Waals surface area (Å²) in [5.41, 5.74) is 2.22. The molecule has 2 heterocycles. The number of benzene rings is 2. The molecule has 5 nitrogen and oxygen atoms in total. The van der Waals surface area contributed by atoms with Crippen LogP contribution in [0.1, 0.15) is 31.4 Å². The van der Waals surface area contributed by atoms with Crippen LogP contribution < -0.4 is 10.2 Å². The van der Waals surface area contributed by atoms with Crippen molar-refractivity contribution in [1.82, 2.24) is 5.32 Å². The fourth-order valence-electron chi connectivity index (χ4n) is 3.69. The second-order valence-electron chi connectivity index (χ2n) is 6.61. The highest BCUT2D eigenvalue weighted by molar-refractivity contribution is 7.96. The monoisotopic (exact) mass is 368 g/mol. The van der Waals surface area contributed by atoms with E-state index in [2.05, 4.69) is 5.32 Å². The number of hydrogen-bond acceptors (Lipinski definition) is 4. The van der Waals surface area contributed by atoms with Crippen LogP contribution in [-0.2, 0) is 14.6 Å². The SMILES string of the molecule is CC(NC(=O)C1=C2CCCN2c2ccccc2S1(=O)=O)c1ccccc1. The number of nitrogens with zero attached hydrogens (tertiary/aromatic N) is 1. The van der Waals surface area contributed by atoms with Crippen molar-refractivity contribution in [2.75, 3.05) is 11.4 Å². The van der Waals surface area contributed by atoms with Crippen LogP contribution in [0.4, 0.5) is 5.69 Å². The van der Waals surface area contributed by atoms with Gasteiger partial charge in [0, 0.05) is 12.2 Å². The number of amides is 1. The highest BCUT2D eigenvalue weighted by atomic mass is 32.2. The van der Waals surface area contributed by atoms with E-state index >= 15 is 0 Å². The summed E-state index contributed by atoms with van der Waals surface area (Å²) < 4.78 is 26.3. The third kappa shape index (κ3) is 2.61. The lowest BCUT2D eigenvalue weighted by molar-refractivity contribution is -0.117. The zero-order valence-electron chi connectivity index (χ0n) is 14.5. The average Bonchev–Trinajstić information content (AvgIpc) is 3.11. The van der Waals surface area contributed by atoms with Crippen molar-refractivity contribution in [3.05, 3.63) is 70.8 Å². The van der Waals surface area contributed by atoms with E-state index in [-0.39, 0.29) is 15.8 Å². The van der Waals surface area contributed by atoms with Crippen molar-refractivity contribution in [2.45, 2.75) is 30.7 Å². The Hall–Kier alpha value is -2.60. The van der Waals surface area contributed by atoms with Gasteiger partial charge in [-0.3, -0.25) is 4.79 Å². The molecule has 0 radical (unpaired) electrons. The van der Waals surface area contributed by atoms with E-state index in [4.69, 9.17) is 0 Å². The Kier molecular flexibility index (Phi) is 4.07. The summed E-state index contributed by atoms with van der Waals surface area (Å²) in [5, 5.41) is 2.86. The molecule has 134 valence electrons. The Morgan fingerprint density at radius 2 is 1.77 bits per heavy atom. The first kappa shape index (κ1) is 16.8. The smallest absolute Gasteiger partial charge is 0.265 e. The first-order chi connectivity index (χ1) is 12.5. The van der Waals surface area contributed by atoms with Gasteiger partial charge in [-0.1, -0.05) is 42.5 Å². The van der Waals surface area contributed by atoms with Crippen LogP contribution in [0, 0.1) is 0 Å². The third-order valence-electron chi connectivity index (χ3n) is 4.95. The molecule has 0 aliphatic carbocycles. The number of fused-ring (bicyclic) bond motifs is 3. The predicted molar refractivity (Wildman–Crippen MR) is 100 cm³/mol. The number of sulfone groups is 1. The first-order valence-corrected chi connectivity index (χ1v) is 10.2. The van der Waals surface area contributed by atoms with Crippen molar-refractivity contribution in [3.8, 4) is 0 Å². The fraction of sp³-hybridized carbons (Fsp3) is 0.250. The number of carbonyl (C=O) groups is 1. The molecule has 2 aromatic carbocycles. The van der Waals surface area contributed by atoms with Crippen LogP contribution >= 0.6 is 0 Å². The zero-order valence-corrected chi connectivity index (χ0v) is 15.3. The predicted octanol–water partition coefficient (Wildman–Crippen LogP) is 3.16. The van der Waals surface area contributed by atoms with Crippen molar-refractivity contribution in [3.63, 3.8) is 0 Å². The molecule has 0 spiro atoms. The maximum atomic E-state index is 13.2. The highest BCUT2D eigenvalue weighted by Gasteiger charge is 2.41. The lowest BCUT2D eigenvalue weighted by Gasteiger charge is -2.30. The normalized spacial score (nSPS) is 18.9. The molecule has 1 saturated heterocycles. The zero-order chi connectivity index (χ0) is 18.3. The van der Waals surface area contributed by atoms with E-state index in [9.17, 15) is 13.2 Å². The Labute approximate surface area is 153 Å². The number of rotatable bonds is 3. The van der Waals surface area contributed by atoms with Gasteiger partial charge in [-0.05, 0) is 37.5 Å². The minimum absolute atomic E-state index is 0.100. The minimum Gasteiger partial charge on any atom is -0.345 e. The maximum Gasteiger partial charge on any atom is 0.265 e. The molecule has 1 fully saturated rings. The molecule has 2 aromatic rings. The molecule has 6 heteroatoms. The molecule has 1 amide bonds. The molecule has 0 aromatic heterocycles. The fourth-order valence-corrected chi connectivity index (χ4v) is 5.45. The maximum absolute atomic E-state index is 13.2. The second kappa shape index (κ2) is 6.29. The highest BCUT2D eigenvalue weighted by Crippen LogP contribution is 2.43. The molecule has 2 aliphatic rings. The number of allylic oxidation sites excluding steroid dienone is 1. The van der Waals surface area contributed by atoms with E-state index in [1.807, 2.05) is 48.2 Å². The van der Waals surface area contributed by atoms with Crippen molar-refractivity contribution < 1.29 is 13.2 Å². The average molecular weight is 368 g/mol. The van der Waals surface area contributed by atoms with Gasteiger partial charge in [0.1, 0.15) is 0 Å². The first-order valence-electron chi connectivity index (χ1n) is 8.71. The van der Waals surface area contributed by atoms with Gasteiger partial charge in [-0.25, -0.2) is 8.42 Å². The number of para-hydroxylation sites is 1. The van der Waals surface area contributed by atoms with Gasteiger partial charge >= 0.3 is 0 Å². The Balaban J connectivity index is 1.74. The largest absolute Gasteiger partial charge is 0.345 e. The molecule has 0 bridgehead atoms. The van der Waals surface area contributed by atoms with Crippen LogP contribution in [0.2, 0.25) is 0 Å². The van der Waals surface area contributed by atoms with Crippen molar-refractivity contribution in [2.24, 2.45) is 0 Å². The number of hydrogen-bond donors (Lipinski definition) is 1. The summed E-state index contributed by atoms with van der Waals surface area (Å²) in [6.45, 7) is 2.58. The summed E-state index contributed by atoms with van der Waals surface area (Å²) in [5.74, 6) is -0.530. The van der Waals surface area contributed by atoms with E-state index in [0.717, 1.165) is 18.5 Å². The van der Waals surface area contributed by atoms with E-state index in [0.29, 0.717) is 17.8 Å². The van der Waals surface area contributed by atoms with Gasteiger partial charge in [0.25, 0.3) is 5.91 Å². The van der Waals surface area contributed by atoms with E-state index in [1.165, 1.54) is 0 Å². The van der Waals surface area contributed by atoms with E-state index in [1.54, 1.807) is 18.2 Å². The lowest BCUT2D eigenvalue weighted by Crippen LogP contribution is -2.36. The van der Waals surface area contributed by atoms with Crippen molar-refractivity contribution >= 4 is 21.4 Å². The lowest BCUT2D eigenvalue weighted by atomic mass is 10.1. The van der Waals surface area contributed by atoms with Crippen molar-refractivity contribution in [1.29, 1.82) is 0 Å². The minimum atomic E-state index is -3.84. The van der Waals surface area contributed by atoms with Gasteiger partial charge in [0.05, 0.1) is 16.6 Å². The van der Waals surface area contributed by atoms with Gasteiger partial charge in [-0.2, -0.15) is 0 Å². The van der Waals surface area contributed by atoms with Crippen LogP contribution in [0.3, 0.4) is 0 Å². The summed E-state index contributed by atoms with van der Waals surface area (Å²) in [6, 6.07) is 16.1. The van der Waals surface area contributed by atoms with Crippen LogP contribution in [0.15, 0.2) is 70.1 Å². The summed E-state index contributed by atoms with van der Waals surface area (Å²) in [6.07, 6.45) is 1.43. The quantitative estimate of drug-likeness (QED) is 0.904.